The molecule has 1 aromatic carbocycles. The molecule has 0 N–H and O–H groups in total. The zero-order valence-electron chi connectivity index (χ0n) is 9.97. The average molecular weight is 233 g/mol. The van der Waals surface area contributed by atoms with Crippen molar-refractivity contribution in [3.63, 3.8) is 0 Å². The Kier molecular flexibility index (Phi) is 3.54. The van der Waals surface area contributed by atoms with Crippen LogP contribution in [0, 0.1) is 6.92 Å². The molecule has 0 fully saturated rings. The molecule has 1 aliphatic rings. The first kappa shape index (κ1) is 11.8. The minimum absolute atomic E-state index is 0.0784. The Bertz CT molecular complexity index is 454. The van der Waals surface area contributed by atoms with E-state index in [1.54, 1.807) is 6.07 Å². The number of aryl methyl sites for hydroxylation is 1. The highest BCUT2D eigenvalue weighted by Gasteiger charge is 2.27. The Balaban J connectivity index is 2.10. The Morgan fingerprint density at radius 1 is 1.53 bits per heavy atom. The van der Waals surface area contributed by atoms with Gasteiger partial charge in [-0.1, -0.05) is 29.4 Å². The molecule has 0 saturated carbocycles. The largest absolute Gasteiger partial charge is 0.363 e. The lowest BCUT2D eigenvalue weighted by molar-refractivity contribution is -0.120. The molecule has 2 rings (SSSR count). The number of carbonyl (C=O) groups is 1. The Morgan fingerprint density at radius 2 is 2.29 bits per heavy atom. The summed E-state index contributed by atoms with van der Waals surface area (Å²) in [5, 5.41) is 3.80. The van der Waals surface area contributed by atoms with Gasteiger partial charge in [-0.2, -0.15) is 0 Å². The molecule has 1 aliphatic heterocycles. The summed E-state index contributed by atoms with van der Waals surface area (Å²) < 4.78 is 5.26. The standard InChI is InChI=1S/C13H15NO3/c1-3-16-12-8-11(14-17-12)13(15)10-7-5-4-6-9(10)2/h4-7,12H,3,8H2,1-2H3. The first-order valence-electron chi connectivity index (χ1n) is 5.67. The van der Waals surface area contributed by atoms with Crippen LogP contribution in [0.3, 0.4) is 0 Å². The van der Waals surface area contributed by atoms with Crippen molar-refractivity contribution in [1.82, 2.24) is 0 Å². The maximum Gasteiger partial charge on any atom is 0.232 e. The van der Waals surface area contributed by atoms with E-state index in [9.17, 15) is 4.79 Å². The molecule has 0 aromatic heterocycles. The van der Waals surface area contributed by atoms with E-state index in [2.05, 4.69) is 5.16 Å². The lowest BCUT2D eigenvalue weighted by atomic mass is 10.0. The number of nitrogens with zero attached hydrogens (tertiary/aromatic N) is 1. The lowest BCUT2D eigenvalue weighted by Crippen LogP contribution is -2.18. The quantitative estimate of drug-likeness (QED) is 0.750. The van der Waals surface area contributed by atoms with E-state index in [-0.39, 0.29) is 5.78 Å². The molecule has 1 heterocycles. The highest BCUT2D eigenvalue weighted by molar-refractivity contribution is 6.46. The predicted molar refractivity (Wildman–Crippen MR) is 64.1 cm³/mol. The highest BCUT2D eigenvalue weighted by Crippen LogP contribution is 2.17. The summed E-state index contributed by atoms with van der Waals surface area (Å²) >= 11 is 0. The molecule has 1 unspecified atom stereocenters. The van der Waals surface area contributed by atoms with Gasteiger partial charge in [0.25, 0.3) is 0 Å². The zero-order valence-corrected chi connectivity index (χ0v) is 9.97. The van der Waals surface area contributed by atoms with Crippen molar-refractivity contribution in [3.8, 4) is 0 Å². The summed E-state index contributed by atoms with van der Waals surface area (Å²) in [4.78, 5) is 17.2. The third kappa shape index (κ3) is 2.53. The van der Waals surface area contributed by atoms with Crippen LogP contribution in [-0.4, -0.2) is 24.4 Å². The van der Waals surface area contributed by atoms with Gasteiger partial charge in [0.15, 0.2) is 0 Å². The van der Waals surface area contributed by atoms with Crippen LogP contribution in [0.1, 0.15) is 29.3 Å². The lowest BCUT2D eigenvalue weighted by Gasteiger charge is -2.06. The van der Waals surface area contributed by atoms with E-state index < -0.39 is 6.29 Å². The SMILES string of the molecule is CCOC1CC(C(=O)c2ccccc2C)=NO1. The molecule has 90 valence electrons. The van der Waals surface area contributed by atoms with Crippen LogP contribution in [0.5, 0.6) is 0 Å². The maximum absolute atomic E-state index is 12.2. The van der Waals surface area contributed by atoms with Gasteiger partial charge in [0.05, 0.1) is 6.42 Å². The zero-order chi connectivity index (χ0) is 12.3. The van der Waals surface area contributed by atoms with Crippen molar-refractivity contribution in [2.24, 2.45) is 5.16 Å². The minimum Gasteiger partial charge on any atom is -0.363 e. The highest BCUT2D eigenvalue weighted by atomic mass is 16.8. The maximum atomic E-state index is 12.2. The third-order valence-electron chi connectivity index (χ3n) is 2.64. The molecule has 1 atom stereocenters. The van der Waals surface area contributed by atoms with E-state index >= 15 is 0 Å². The van der Waals surface area contributed by atoms with Crippen LogP contribution < -0.4 is 0 Å². The van der Waals surface area contributed by atoms with Crippen LogP contribution in [0.15, 0.2) is 29.4 Å². The summed E-state index contributed by atoms with van der Waals surface area (Å²) in [6, 6.07) is 7.45. The number of hydrogen-bond donors (Lipinski definition) is 0. The van der Waals surface area contributed by atoms with Crippen molar-refractivity contribution in [2.45, 2.75) is 26.6 Å². The van der Waals surface area contributed by atoms with E-state index in [1.807, 2.05) is 32.0 Å². The summed E-state index contributed by atoms with van der Waals surface area (Å²) in [5.74, 6) is -0.0784. The van der Waals surface area contributed by atoms with Gasteiger partial charge in [0.1, 0.15) is 5.71 Å². The summed E-state index contributed by atoms with van der Waals surface area (Å²) in [6.07, 6.45) is 0.00375. The number of hydrogen-bond acceptors (Lipinski definition) is 4. The van der Waals surface area contributed by atoms with Gasteiger partial charge in [0.2, 0.25) is 12.1 Å². The molecule has 4 nitrogen and oxygen atoms in total. The summed E-state index contributed by atoms with van der Waals surface area (Å²) in [5.41, 5.74) is 2.05. The van der Waals surface area contributed by atoms with E-state index in [0.717, 1.165) is 5.56 Å². The smallest absolute Gasteiger partial charge is 0.232 e. The van der Waals surface area contributed by atoms with Gasteiger partial charge in [-0.15, -0.1) is 0 Å². The number of rotatable bonds is 4. The van der Waals surface area contributed by atoms with Crippen LogP contribution in [-0.2, 0) is 9.57 Å². The molecule has 17 heavy (non-hydrogen) atoms. The predicted octanol–water partition coefficient (Wildman–Crippen LogP) is 2.32. The Labute approximate surface area is 100 Å². The topological polar surface area (TPSA) is 47.9 Å². The van der Waals surface area contributed by atoms with E-state index in [4.69, 9.17) is 9.57 Å². The van der Waals surface area contributed by atoms with Gasteiger partial charge in [0, 0.05) is 12.2 Å². The van der Waals surface area contributed by atoms with Crippen LogP contribution in [0.25, 0.3) is 0 Å². The van der Waals surface area contributed by atoms with Crippen molar-refractivity contribution in [3.05, 3.63) is 35.4 Å². The normalized spacial score (nSPS) is 18.7. The molecule has 0 bridgehead atoms. The number of ether oxygens (including phenoxy) is 1. The van der Waals surface area contributed by atoms with Gasteiger partial charge in [-0.05, 0) is 19.4 Å². The van der Waals surface area contributed by atoms with E-state index in [1.165, 1.54) is 0 Å². The Morgan fingerprint density at radius 3 is 3.00 bits per heavy atom. The molecule has 4 heteroatoms. The number of oxime groups is 1. The molecule has 0 amide bonds. The molecule has 1 aromatic rings. The fraction of sp³-hybridized carbons (Fsp3) is 0.385. The van der Waals surface area contributed by atoms with Gasteiger partial charge < -0.3 is 9.57 Å². The van der Waals surface area contributed by atoms with Gasteiger partial charge in [-0.25, -0.2) is 0 Å². The second-order valence-corrected chi connectivity index (χ2v) is 3.88. The minimum atomic E-state index is -0.414. The molecule has 0 spiro atoms. The molecule has 0 radical (unpaired) electrons. The van der Waals surface area contributed by atoms with Crippen molar-refractivity contribution in [2.75, 3.05) is 6.61 Å². The van der Waals surface area contributed by atoms with Crippen molar-refractivity contribution < 1.29 is 14.4 Å². The van der Waals surface area contributed by atoms with Crippen molar-refractivity contribution in [1.29, 1.82) is 0 Å². The number of ketones is 1. The molecular weight excluding hydrogens is 218 g/mol. The first-order chi connectivity index (χ1) is 8.22. The molecule has 0 aliphatic carbocycles. The Hall–Kier alpha value is -1.68. The van der Waals surface area contributed by atoms with Gasteiger partial charge in [-0.3, -0.25) is 4.79 Å². The summed E-state index contributed by atoms with van der Waals surface area (Å²) in [6.45, 7) is 4.33. The number of Topliss-reactive ketones (excluding diaryl/α,β-unsaturated/α-hetero) is 1. The van der Waals surface area contributed by atoms with Crippen LogP contribution in [0.2, 0.25) is 0 Å². The number of benzene rings is 1. The van der Waals surface area contributed by atoms with E-state index in [0.29, 0.717) is 24.3 Å². The number of carbonyl (C=O) groups excluding carboxylic acids is 1. The fourth-order valence-corrected chi connectivity index (χ4v) is 1.75. The molecular formula is C13H15NO3. The van der Waals surface area contributed by atoms with Crippen LogP contribution >= 0.6 is 0 Å². The van der Waals surface area contributed by atoms with Crippen LogP contribution in [0.4, 0.5) is 0 Å². The second-order valence-electron chi connectivity index (χ2n) is 3.88. The second kappa shape index (κ2) is 5.10. The fourth-order valence-electron chi connectivity index (χ4n) is 1.75. The first-order valence-corrected chi connectivity index (χ1v) is 5.67. The van der Waals surface area contributed by atoms with Gasteiger partial charge >= 0.3 is 0 Å². The monoisotopic (exact) mass is 233 g/mol. The molecule has 0 saturated heterocycles. The average Bonchev–Trinajstić information content (AvgIpc) is 2.78. The third-order valence-corrected chi connectivity index (χ3v) is 2.64. The van der Waals surface area contributed by atoms with Crippen molar-refractivity contribution >= 4 is 11.5 Å². The summed E-state index contributed by atoms with van der Waals surface area (Å²) in [7, 11) is 0.